The Kier molecular flexibility index (Phi) is 11.6. The van der Waals surface area contributed by atoms with Crippen molar-refractivity contribution in [2.75, 3.05) is 14.7 Å². The predicted molar refractivity (Wildman–Crippen MR) is 367 cm³/mol. The molecule has 3 aliphatic heterocycles. The molecular formula is C78H64BN3O2S2. The maximum Gasteiger partial charge on any atom is 0.252 e. The molecule has 13 aromatic rings. The summed E-state index contributed by atoms with van der Waals surface area (Å²) in [7, 11) is -1.28. The molecule has 0 bridgehead atoms. The molecule has 0 saturated carbocycles. The van der Waals surface area contributed by atoms with E-state index in [1.807, 2.05) is 41.7 Å². The fourth-order valence-electron chi connectivity index (χ4n) is 13.7. The Morgan fingerprint density at radius 1 is 0.407 bits per heavy atom. The van der Waals surface area contributed by atoms with E-state index < -0.39 is 10.8 Å². The van der Waals surface area contributed by atoms with Crippen LogP contribution in [0.3, 0.4) is 0 Å². The number of hydrogen-bond acceptors (Lipinski definition) is 6. The highest BCUT2D eigenvalue weighted by Crippen LogP contribution is 2.51. The van der Waals surface area contributed by atoms with Gasteiger partial charge in [0.2, 0.25) is 0 Å². The van der Waals surface area contributed by atoms with Gasteiger partial charge in [0.25, 0.3) is 6.71 Å². The molecule has 5 nitrogen and oxygen atoms in total. The molecule has 1 unspecified atom stereocenters. The van der Waals surface area contributed by atoms with Gasteiger partial charge in [-0.05, 0) is 187 Å². The van der Waals surface area contributed by atoms with Crippen molar-refractivity contribution in [3.63, 3.8) is 0 Å². The van der Waals surface area contributed by atoms with E-state index in [2.05, 4.69) is 271 Å². The minimum atomic E-state index is -1.28. The summed E-state index contributed by atoms with van der Waals surface area (Å²) in [5.41, 5.74) is 23.3. The van der Waals surface area contributed by atoms with Crippen molar-refractivity contribution in [2.24, 2.45) is 0 Å². The molecule has 1 atom stereocenters. The third-order valence-corrected chi connectivity index (χ3v) is 20.9. The first kappa shape index (κ1) is 52.6. The molecule has 5 heterocycles. The molecule has 418 valence electrons. The van der Waals surface area contributed by atoms with Gasteiger partial charge in [0, 0.05) is 82.3 Å². The van der Waals surface area contributed by atoms with E-state index in [0.29, 0.717) is 0 Å². The second kappa shape index (κ2) is 19.0. The van der Waals surface area contributed by atoms with Crippen LogP contribution in [0.4, 0.5) is 51.2 Å². The van der Waals surface area contributed by atoms with Crippen LogP contribution >= 0.6 is 11.3 Å². The average molecular weight is 1150 g/mol. The van der Waals surface area contributed by atoms with Crippen molar-refractivity contribution in [1.29, 1.82) is 0 Å². The number of hydrogen-bond donors (Lipinski definition) is 0. The summed E-state index contributed by atoms with van der Waals surface area (Å²) in [5.74, 6) is 0. The van der Waals surface area contributed by atoms with Crippen molar-refractivity contribution >= 4 is 139 Å². The Bertz CT molecular complexity index is 4980. The summed E-state index contributed by atoms with van der Waals surface area (Å²) in [6.45, 7) is 20.6. The van der Waals surface area contributed by atoms with Crippen molar-refractivity contribution in [3.05, 3.63) is 241 Å². The summed E-state index contributed by atoms with van der Waals surface area (Å²) in [6, 6.07) is 83.4. The van der Waals surface area contributed by atoms with Gasteiger partial charge in [0.15, 0.2) is 0 Å². The lowest BCUT2D eigenvalue weighted by atomic mass is 9.33. The lowest BCUT2D eigenvalue weighted by molar-refractivity contribution is 0.590. The van der Waals surface area contributed by atoms with Crippen molar-refractivity contribution in [2.45, 2.75) is 88.3 Å². The third kappa shape index (κ3) is 8.27. The molecule has 0 aliphatic carbocycles. The first-order valence-electron chi connectivity index (χ1n) is 30.0. The molecule has 3 aliphatic rings. The highest BCUT2D eigenvalue weighted by molar-refractivity contribution is 7.85. The first-order chi connectivity index (χ1) is 41.4. The van der Waals surface area contributed by atoms with Gasteiger partial charge in [-0.25, -0.2) is 4.21 Å². The van der Waals surface area contributed by atoms with Gasteiger partial charge in [0.1, 0.15) is 11.2 Å². The van der Waals surface area contributed by atoms with Gasteiger partial charge >= 0.3 is 0 Å². The van der Waals surface area contributed by atoms with E-state index in [4.69, 9.17) is 4.42 Å². The fraction of sp³-hybridized carbons (Fsp3) is 0.154. The van der Waals surface area contributed by atoms with Crippen LogP contribution in [0.25, 0.3) is 64.4 Å². The SMILES string of the molecule is CC(C)(C)c1ccc(N2c3cc(N(c4ccc5c(c4)-c4ccccc4S5=O)c4ccc5oc6ccccc6c5c4)ccc3B3c4cc5c(cc4N(c4ccc(C(C)(C)C)cc4)c4cc(-c6ccccc6)cc2c43)sc2ccc(C(C)(C)C)cc25)cc1. The van der Waals surface area contributed by atoms with E-state index in [1.165, 1.54) is 64.6 Å². The summed E-state index contributed by atoms with van der Waals surface area (Å²) in [6.07, 6.45) is 0. The van der Waals surface area contributed by atoms with E-state index in [-0.39, 0.29) is 23.0 Å². The van der Waals surface area contributed by atoms with Crippen LogP contribution in [-0.2, 0) is 27.0 Å². The zero-order chi connectivity index (χ0) is 58.7. The fourth-order valence-corrected chi connectivity index (χ4v) is 16.2. The number of benzene rings is 11. The Labute approximate surface area is 510 Å². The van der Waals surface area contributed by atoms with Crippen LogP contribution in [0, 0.1) is 0 Å². The second-order valence-corrected chi connectivity index (χ2v) is 29.3. The van der Waals surface area contributed by atoms with Crippen LogP contribution in [0.2, 0.25) is 0 Å². The second-order valence-electron chi connectivity index (χ2n) is 26.8. The molecule has 0 amide bonds. The molecule has 2 aromatic heterocycles. The topological polar surface area (TPSA) is 39.9 Å². The molecule has 11 aromatic carbocycles. The molecule has 0 radical (unpaired) electrons. The maximum absolute atomic E-state index is 14.2. The number of thiophene rings is 1. The molecular weight excluding hydrogens is 1090 g/mol. The molecule has 0 fully saturated rings. The molecule has 0 saturated heterocycles. The summed E-state index contributed by atoms with van der Waals surface area (Å²) in [4.78, 5) is 9.20. The van der Waals surface area contributed by atoms with E-state index >= 15 is 0 Å². The maximum atomic E-state index is 14.2. The Hall–Kier alpha value is -8.95. The minimum absolute atomic E-state index is 0.0133. The van der Waals surface area contributed by atoms with Crippen LogP contribution in [-0.4, -0.2) is 10.9 Å². The monoisotopic (exact) mass is 1150 g/mol. The Morgan fingerprint density at radius 2 is 0.965 bits per heavy atom. The summed E-state index contributed by atoms with van der Waals surface area (Å²) < 4.78 is 23.2. The summed E-state index contributed by atoms with van der Waals surface area (Å²) >= 11 is 1.89. The summed E-state index contributed by atoms with van der Waals surface area (Å²) in [5, 5.41) is 4.70. The van der Waals surface area contributed by atoms with Gasteiger partial charge in [-0.15, -0.1) is 11.3 Å². The zero-order valence-electron chi connectivity index (χ0n) is 49.9. The molecule has 0 spiro atoms. The standard InChI is InChI=1S/C78H64BN3O2S2/c1-76(2,3)49-23-28-52(29-24-49)81-65-44-56(80(54-33-36-70-59(42-54)57-19-13-15-21-69(57)84-70)55-34-38-74-62(43-55)58-20-14-16-22-73(58)86(74)83)32-35-63(65)79-64-45-61-60-41-51(78(7,8)9)27-37-71(60)85-72(61)46-66(64)82(53-30-25-50(26-31-53)77(4,5)6)68-40-48(39-67(81)75(68)79)47-17-11-10-12-18-47/h10-46H,1-9H3. The molecule has 86 heavy (non-hydrogen) atoms. The van der Waals surface area contributed by atoms with Crippen LogP contribution in [0.1, 0.15) is 79.0 Å². The zero-order valence-corrected chi connectivity index (χ0v) is 51.5. The lowest BCUT2D eigenvalue weighted by Crippen LogP contribution is -2.61. The van der Waals surface area contributed by atoms with Crippen LogP contribution < -0.4 is 31.1 Å². The number of rotatable bonds is 6. The Balaban J connectivity index is 1.00. The van der Waals surface area contributed by atoms with Crippen LogP contribution in [0.15, 0.2) is 239 Å². The van der Waals surface area contributed by atoms with Crippen LogP contribution in [0.5, 0.6) is 0 Å². The number of nitrogens with zero attached hydrogens (tertiary/aromatic N) is 3. The van der Waals surface area contributed by atoms with Gasteiger partial charge in [-0.2, -0.15) is 0 Å². The number of fused-ring (bicyclic) bond motifs is 13. The molecule has 8 heteroatoms. The third-order valence-electron chi connectivity index (χ3n) is 18.3. The lowest BCUT2D eigenvalue weighted by Gasteiger charge is -2.45. The average Bonchev–Trinajstić information content (AvgIpc) is 0.851. The van der Waals surface area contributed by atoms with E-state index in [0.717, 1.165) is 93.8 Å². The minimum Gasteiger partial charge on any atom is -0.456 e. The van der Waals surface area contributed by atoms with Gasteiger partial charge in [-0.1, -0.05) is 172 Å². The molecule has 16 rings (SSSR count). The van der Waals surface area contributed by atoms with Crippen molar-refractivity contribution in [1.82, 2.24) is 0 Å². The van der Waals surface area contributed by atoms with Crippen molar-refractivity contribution < 1.29 is 8.63 Å². The number of anilines is 9. The largest absolute Gasteiger partial charge is 0.456 e. The van der Waals surface area contributed by atoms with Gasteiger partial charge in [0.05, 0.1) is 20.6 Å². The number of furan rings is 1. The van der Waals surface area contributed by atoms with E-state index in [1.54, 1.807) is 0 Å². The van der Waals surface area contributed by atoms with Gasteiger partial charge in [-0.3, -0.25) is 0 Å². The Morgan fingerprint density at radius 3 is 1.66 bits per heavy atom. The van der Waals surface area contributed by atoms with Gasteiger partial charge < -0.3 is 19.1 Å². The number of para-hydroxylation sites is 1. The first-order valence-corrected chi connectivity index (χ1v) is 32.0. The normalized spacial score (nSPS) is 14.4. The predicted octanol–water partition coefficient (Wildman–Crippen LogP) is 20.2. The van der Waals surface area contributed by atoms with E-state index in [9.17, 15) is 4.21 Å². The highest BCUT2D eigenvalue weighted by Gasteiger charge is 2.45. The van der Waals surface area contributed by atoms with Crippen molar-refractivity contribution in [3.8, 4) is 22.3 Å². The quantitative estimate of drug-likeness (QED) is 0.155. The highest BCUT2D eigenvalue weighted by atomic mass is 32.2. The smallest absolute Gasteiger partial charge is 0.252 e. The molecule has 0 N–H and O–H groups in total.